The fraction of sp³-hybridized carbons (Fsp3) is 0.522. The molecule has 1 aliphatic carbocycles. The van der Waals surface area contributed by atoms with E-state index in [4.69, 9.17) is 9.72 Å². The van der Waals surface area contributed by atoms with Gasteiger partial charge in [-0.25, -0.2) is 4.98 Å². The van der Waals surface area contributed by atoms with Gasteiger partial charge in [0.15, 0.2) is 11.6 Å². The Kier molecular flexibility index (Phi) is 5.84. The molecule has 3 aromatic heterocycles. The van der Waals surface area contributed by atoms with E-state index in [1.165, 1.54) is 0 Å². The lowest BCUT2D eigenvalue weighted by Crippen LogP contribution is -2.50. The molecule has 6 rings (SSSR count). The van der Waals surface area contributed by atoms with Crippen molar-refractivity contribution in [1.29, 1.82) is 0 Å². The topological polar surface area (TPSA) is 110 Å². The first kappa shape index (κ1) is 21.6. The Bertz CT molecular complexity index is 1130. The summed E-state index contributed by atoms with van der Waals surface area (Å²) in [4.78, 5) is 23.9. The van der Waals surface area contributed by atoms with Crippen molar-refractivity contribution in [3.05, 3.63) is 30.1 Å². The van der Waals surface area contributed by atoms with Gasteiger partial charge < -0.3 is 24.8 Å². The van der Waals surface area contributed by atoms with E-state index >= 15 is 0 Å². The Balaban J connectivity index is 0.00000111. The van der Waals surface area contributed by atoms with Crippen LogP contribution in [0.3, 0.4) is 0 Å². The zero-order valence-electron chi connectivity index (χ0n) is 19.2. The number of carbonyl (C=O) groups excluding carboxylic acids is 1. The van der Waals surface area contributed by atoms with Crippen molar-refractivity contribution in [3.63, 3.8) is 0 Å². The first-order valence-corrected chi connectivity index (χ1v) is 11.8. The highest BCUT2D eigenvalue weighted by Gasteiger charge is 2.42. The fourth-order valence-corrected chi connectivity index (χ4v) is 5.01. The molecule has 0 atom stereocenters. The molecule has 5 heterocycles. The maximum atomic E-state index is 12.5. The van der Waals surface area contributed by atoms with Crippen LogP contribution in [0.5, 0.6) is 0 Å². The maximum absolute atomic E-state index is 12.5. The summed E-state index contributed by atoms with van der Waals surface area (Å²) in [5, 5.41) is 15.7. The molecule has 0 bridgehead atoms. The summed E-state index contributed by atoms with van der Waals surface area (Å²) in [6.45, 7) is 7.70. The van der Waals surface area contributed by atoms with Crippen LogP contribution in [0.15, 0.2) is 24.4 Å². The summed E-state index contributed by atoms with van der Waals surface area (Å²) in [6, 6.07) is 5.71. The van der Waals surface area contributed by atoms with Crippen LogP contribution < -0.4 is 15.5 Å². The monoisotopic (exact) mass is 450 g/mol. The number of anilines is 3. The predicted molar refractivity (Wildman–Crippen MR) is 126 cm³/mol. The van der Waals surface area contributed by atoms with Crippen molar-refractivity contribution in [2.45, 2.75) is 45.1 Å². The Morgan fingerprint density at radius 3 is 2.64 bits per heavy atom. The largest absolute Gasteiger partial charge is 0.378 e. The lowest BCUT2D eigenvalue weighted by Gasteiger charge is -2.37. The molecule has 0 radical (unpaired) electrons. The number of fused-ring (bicyclic) bond motifs is 4. The molecule has 2 N–H and O–H groups in total. The zero-order valence-corrected chi connectivity index (χ0v) is 19.2. The normalized spacial score (nSPS) is 19.1. The second-order valence-corrected chi connectivity index (χ2v) is 8.45. The van der Waals surface area contributed by atoms with E-state index in [0.717, 1.165) is 55.6 Å². The number of nitrogens with zero attached hydrogens (tertiary/aromatic N) is 6. The summed E-state index contributed by atoms with van der Waals surface area (Å²) >= 11 is 0. The second kappa shape index (κ2) is 8.93. The molecule has 174 valence electrons. The smallest absolute Gasteiger partial charge is 0.268 e. The molecule has 2 aliphatic heterocycles. The van der Waals surface area contributed by atoms with Gasteiger partial charge in [-0.15, -0.1) is 10.2 Å². The van der Waals surface area contributed by atoms with Crippen molar-refractivity contribution in [1.82, 2.24) is 30.0 Å². The maximum Gasteiger partial charge on any atom is 0.268 e. The van der Waals surface area contributed by atoms with Gasteiger partial charge >= 0.3 is 0 Å². The first-order valence-electron chi connectivity index (χ1n) is 11.8. The zero-order chi connectivity index (χ0) is 22.8. The SMILES string of the molecule is CC.O=C1NCC2(CCCC2)n2c1cc1cnc(Nc3ccc(N4CCOCC4)nn3)nc12. The molecule has 1 spiro atoms. The Hall–Kier alpha value is -3.27. The molecule has 1 saturated carbocycles. The van der Waals surface area contributed by atoms with Crippen LogP contribution in [0.1, 0.15) is 50.0 Å². The lowest BCUT2D eigenvalue weighted by atomic mass is 9.94. The number of aromatic nitrogens is 5. The highest BCUT2D eigenvalue weighted by atomic mass is 16.5. The van der Waals surface area contributed by atoms with Crippen LogP contribution in [0.25, 0.3) is 11.0 Å². The average molecular weight is 451 g/mol. The third-order valence-corrected chi connectivity index (χ3v) is 6.59. The molecule has 3 aromatic rings. The quantitative estimate of drug-likeness (QED) is 0.627. The van der Waals surface area contributed by atoms with Crippen molar-refractivity contribution in [2.24, 2.45) is 0 Å². The predicted octanol–water partition coefficient (Wildman–Crippen LogP) is 2.84. The molecule has 1 saturated heterocycles. The minimum atomic E-state index is -0.0871. The molecular weight excluding hydrogens is 420 g/mol. The van der Waals surface area contributed by atoms with Gasteiger partial charge in [0.05, 0.1) is 18.8 Å². The Labute approximate surface area is 192 Å². The third-order valence-electron chi connectivity index (χ3n) is 6.59. The molecule has 0 aromatic carbocycles. The van der Waals surface area contributed by atoms with Crippen LogP contribution in [0, 0.1) is 0 Å². The fourth-order valence-electron chi connectivity index (χ4n) is 5.01. The minimum Gasteiger partial charge on any atom is -0.378 e. The van der Waals surface area contributed by atoms with Crippen LogP contribution in [-0.2, 0) is 10.3 Å². The summed E-state index contributed by atoms with van der Waals surface area (Å²) < 4.78 is 7.53. The Morgan fingerprint density at radius 1 is 1.12 bits per heavy atom. The van der Waals surface area contributed by atoms with E-state index in [-0.39, 0.29) is 11.4 Å². The van der Waals surface area contributed by atoms with Gasteiger partial charge in [-0.05, 0) is 31.0 Å². The number of carbonyl (C=O) groups is 1. The van der Waals surface area contributed by atoms with Crippen molar-refractivity contribution >= 4 is 34.5 Å². The van der Waals surface area contributed by atoms with Crippen molar-refractivity contribution in [3.8, 4) is 0 Å². The van der Waals surface area contributed by atoms with Crippen molar-refractivity contribution < 1.29 is 9.53 Å². The van der Waals surface area contributed by atoms with Gasteiger partial charge in [0, 0.05) is 31.2 Å². The first-order chi connectivity index (χ1) is 16.2. The highest BCUT2D eigenvalue weighted by molar-refractivity contribution is 5.99. The van der Waals surface area contributed by atoms with Crippen LogP contribution in [-0.4, -0.2) is 63.5 Å². The molecule has 10 nitrogen and oxygen atoms in total. The lowest BCUT2D eigenvalue weighted by molar-refractivity contribution is 0.0876. The summed E-state index contributed by atoms with van der Waals surface area (Å²) in [7, 11) is 0. The number of hydrogen-bond acceptors (Lipinski definition) is 8. The third kappa shape index (κ3) is 3.88. The van der Waals surface area contributed by atoms with Gasteiger partial charge in [0.25, 0.3) is 5.91 Å². The molecular formula is C23H30N8O2. The molecule has 0 unspecified atom stereocenters. The van der Waals surface area contributed by atoms with E-state index in [9.17, 15) is 4.79 Å². The van der Waals surface area contributed by atoms with E-state index < -0.39 is 0 Å². The number of nitrogens with one attached hydrogen (secondary N) is 2. The average Bonchev–Trinajstić information content (AvgIpc) is 3.50. The van der Waals surface area contributed by atoms with E-state index in [1.807, 2.05) is 32.0 Å². The summed E-state index contributed by atoms with van der Waals surface area (Å²) in [5.41, 5.74) is 1.38. The molecule has 2 fully saturated rings. The van der Waals surface area contributed by atoms with Crippen LogP contribution in [0.4, 0.5) is 17.6 Å². The van der Waals surface area contributed by atoms with Gasteiger partial charge in [-0.2, -0.15) is 4.98 Å². The second-order valence-electron chi connectivity index (χ2n) is 8.45. The van der Waals surface area contributed by atoms with E-state index in [1.54, 1.807) is 6.20 Å². The molecule has 33 heavy (non-hydrogen) atoms. The number of ether oxygens (including phenoxy) is 1. The highest BCUT2D eigenvalue weighted by Crippen LogP contribution is 2.41. The van der Waals surface area contributed by atoms with Gasteiger partial charge in [-0.3, -0.25) is 4.79 Å². The number of rotatable bonds is 3. The molecule has 10 heteroatoms. The van der Waals surface area contributed by atoms with Crippen molar-refractivity contribution in [2.75, 3.05) is 43.1 Å². The number of morpholine rings is 1. The minimum absolute atomic E-state index is 0.0467. The van der Waals surface area contributed by atoms with Crippen LogP contribution in [0.2, 0.25) is 0 Å². The van der Waals surface area contributed by atoms with Gasteiger partial charge in [0.1, 0.15) is 11.3 Å². The van der Waals surface area contributed by atoms with E-state index in [0.29, 0.717) is 37.2 Å². The van der Waals surface area contributed by atoms with Gasteiger partial charge in [0.2, 0.25) is 5.95 Å². The summed E-state index contributed by atoms with van der Waals surface area (Å²) in [5.74, 6) is 1.81. The Morgan fingerprint density at radius 2 is 1.91 bits per heavy atom. The number of hydrogen-bond donors (Lipinski definition) is 2. The van der Waals surface area contributed by atoms with E-state index in [2.05, 4.69) is 35.3 Å². The standard InChI is InChI=1S/C21H24N8O2.C2H6/c30-19-15-11-14-12-22-20(25-18(14)29(15)21(13-23-19)5-1-2-6-21)24-16-3-4-17(27-26-16)28-7-9-31-10-8-28;1-2/h3-4,11-12H,1-2,5-10,13H2,(H,23,30)(H,22,24,25,26);1-2H3. The number of amides is 1. The summed E-state index contributed by atoms with van der Waals surface area (Å²) in [6.07, 6.45) is 6.19. The molecule has 3 aliphatic rings. The molecule has 1 amide bonds. The van der Waals surface area contributed by atoms with Gasteiger partial charge in [-0.1, -0.05) is 26.7 Å². The van der Waals surface area contributed by atoms with Crippen LogP contribution >= 0.6 is 0 Å².